The van der Waals surface area contributed by atoms with Crippen LogP contribution in [0.3, 0.4) is 0 Å². The van der Waals surface area contributed by atoms with Crippen molar-refractivity contribution in [3.8, 4) is 11.5 Å². The molecule has 0 fully saturated rings. The van der Waals surface area contributed by atoms with E-state index in [0.717, 1.165) is 5.56 Å². The molecule has 2 amide bonds. The topological polar surface area (TPSA) is 89.6 Å². The number of amides is 2. The average Bonchev–Trinajstić information content (AvgIpc) is 2.78. The first-order valence-corrected chi connectivity index (χ1v) is 8.92. The number of pyridine rings is 1. The van der Waals surface area contributed by atoms with Gasteiger partial charge < -0.3 is 20.1 Å². The fourth-order valence-corrected chi connectivity index (χ4v) is 2.74. The lowest BCUT2D eigenvalue weighted by molar-refractivity contribution is 0.0950. The van der Waals surface area contributed by atoms with Crippen LogP contribution in [0.2, 0.25) is 0 Å². The quantitative estimate of drug-likeness (QED) is 0.645. The Labute approximate surface area is 168 Å². The Morgan fingerprint density at radius 1 is 0.897 bits per heavy atom. The van der Waals surface area contributed by atoms with Gasteiger partial charge in [-0.25, -0.2) is 0 Å². The van der Waals surface area contributed by atoms with Crippen molar-refractivity contribution in [3.63, 3.8) is 0 Å². The lowest BCUT2D eigenvalue weighted by atomic mass is 10.1. The van der Waals surface area contributed by atoms with Crippen LogP contribution in [0.15, 0.2) is 67.0 Å². The molecule has 29 heavy (non-hydrogen) atoms. The number of methoxy groups -OCH3 is 2. The van der Waals surface area contributed by atoms with E-state index < -0.39 is 0 Å². The number of carbonyl (C=O) groups is 2. The number of carbonyl (C=O) groups excluding carboxylic acids is 2. The summed E-state index contributed by atoms with van der Waals surface area (Å²) in [5.41, 5.74) is 2.29. The van der Waals surface area contributed by atoms with Gasteiger partial charge in [-0.1, -0.05) is 18.2 Å². The summed E-state index contributed by atoms with van der Waals surface area (Å²) >= 11 is 0. The number of benzene rings is 2. The maximum atomic E-state index is 12.7. The molecule has 0 unspecified atom stereocenters. The predicted molar refractivity (Wildman–Crippen MR) is 109 cm³/mol. The molecule has 0 saturated carbocycles. The third-order valence-corrected chi connectivity index (χ3v) is 4.27. The van der Waals surface area contributed by atoms with Gasteiger partial charge in [0.15, 0.2) is 11.5 Å². The summed E-state index contributed by atoms with van der Waals surface area (Å²) in [4.78, 5) is 28.9. The minimum atomic E-state index is -0.294. The summed E-state index contributed by atoms with van der Waals surface area (Å²) in [6.07, 6.45) is 3.11. The molecule has 3 rings (SSSR count). The van der Waals surface area contributed by atoms with Crippen LogP contribution >= 0.6 is 0 Å². The maximum Gasteiger partial charge on any atom is 0.255 e. The minimum Gasteiger partial charge on any atom is -0.493 e. The van der Waals surface area contributed by atoms with Crippen LogP contribution in [0.25, 0.3) is 0 Å². The number of para-hydroxylation sites is 1. The molecule has 7 nitrogen and oxygen atoms in total. The van der Waals surface area contributed by atoms with Crippen molar-refractivity contribution in [2.75, 3.05) is 19.5 Å². The van der Waals surface area contributed by atoms with Gasteiger partial charge in [0.05, 0.1) is 19.8 Å². The molecule has 0 aliphatic carbocycles. The van der Waals surface area contributed by atoms with Crippen LogP contribution in [-0.2, 0) is 6.54 Å². The number of hydrogen-bond acceptors (Lipinski definition) is 5. The van der Waals surface area contributed by atoms with E-state index in [1.54, 1.807) is 42.6 Å². The zero-order valence-corrected chi connectivity index (χ0v) is 16.1. The minimum absolute atomic E-state index is 0.237. The van der Waals surface area contributed by atoms with Gasteiger partial charge >= 0.3 is 0 Å². The maximum absolute atomic E-state index is 12.7. The predicted octanol–water partition coefficient (Wildman–Crippen LogP) is 3.28. The Hall–Kier alpha value is -3.87. The molecule has 1 heterocycles. The highest BCUT2D eigenvalue weighted by Gasteiger charge is 2.13. The molecule has 1 aromatic heterocycles. The van der Waals surface area contributed by atoms with Gasteiger partial charge in [-0.3, -0.25) is 14.6 Å². The Morgan fingerprint density at radius 3 is 2.41 bits per heavy atom. The lowest BCUT2D eigenvalue weighted by Crippen LogP contribution is -2.24. The van der Waals surface area contributed by atoms with Crippen LogP contribution in [0.5, 0.6) is 11.5 Å². The van der Waals surface area contributed by atoms with Crippen molar-refractivity contribution < 1.29 is 19.1 Å². The van der Waals surface area contributed by atoms with E-state index in [0.29, 0.717) is 28.3 Å². The normalized spacial score (nSPS) is 10.1. The molecule has 0 spiro atoms. The first-order chi connectivity index (χ1) is 14.1. The van der Waals surface area contributed by atoms with Crippen molar-refractivity contribution in [3.05, 3.63) is 83.7 Å². The number of anilines is 1. The molecular formula is C22H21N3O4. The summed E-state index contributed by atoms with van der Waals surface area (Å²) in [5.74, 6) is 0.482. The second kappa shape index (κ2) is 9.36. The summed E-state index contributed by atoms with van der Waals surface area (Å²) in [5, 5.41) is 5.72. The largest absolute Gasteiger partial charge is 0.493 e. The molecule has 0 aliphatic rings. The van der Waals surface area contributed by atoms with Crippen molar-refractivity contribution in [2.24, 2.45) is 0 Å². The third kappa shape index (κ3) is 4.90. The van der Waals surface area contributed by atoms with Gasteiger partial charge in [0, 0.05) is 30.2 Å². The van der Waals surface area contributed by atoms with E-state index in [1.165, 1.54) is 20.4 Å². The van der Waals surface area contributed by atoms with E-state index in [9.17, 15) is 9.59 Å². The summed E-state index contributed by atoms with van der Waals surface area (Å²) in [6, 6.07) is 15.6. The number of nitrogens with zero attached hydrogens (tertiary/aromatic N) is 1. The van der Waals surface area contributed by atoms with Crippen LogP contribution in [0, 0.1) is 0 Å². The number of nitrogens with one attached hydrogen (secondary N) is 2. The van der Waals surface area contributed by atoms with Crippen molar-refractivity contribution in [2.45, 2.75) is 6.54 Å². The first-order valence-electron chi connectivity index (χ1n) is 8.92. The van der Waals surface area contributed by atoms with E-state index >= 15 is 0 Å². The van der Waals surface area contributed by atoms with Crippen molar-refractivity contribution in [1.29, 1.82) is 0 Å². The number of rotatable bonds is 7. The molecule has 2 aromatic carbocycles. The number of hydrogen-bond donors (Lipinski definition) is 2. The SMILES string of the molecule is COc1ccc(C(=O)Nc2ccccc2CNC(=O)c2cccnc2)cc1OC. The van der Waals surface area contributed by atoms with Crippen molar-refractivity contribution >= 4 is 17.5 Å². The average molecular weight is 391 g/mol. The molecule has 0 aliphatic heterocycles. The van der Waals surface area contributed by atoms with E-state index in [1.807, 2.05) is 18.2 Å². The molecule has 3 aromatic rings. The summed E-state index contributed by atoms with van der Waals surface area (Å²) < 4.78 is 10.4. The highest BCUT2D eigenvalue weighted by atomic mass is 16.5. The Morgan fingerprint density at radius 2 is 1.69 bits per heavy atom. The highest BCUT2D eigenvalue weighted by Crippen LogP contribution is 2.28. The number of ether oxygens (including phenoxy) is 2. The van der Waals surface area contributed by atoms with E-state index in [-0.39, 0.29) is 18.4 Å². The molecule has 0 atom stereocenters. The molecule has 0 radical (unpaired) electrons. The van der Waals surface area contributed by atoms with Crippen LogP contribution in [-0.4, -0.2) is 31.0 Å². The monoisotopic (exact) mass is 391 g/mol. The third-order valence-electron chi connectivity index (χ3n) is 4.27. The fourth-order valence-electron chi connectivity index (χ4n) is 2.74. The van der Waals surface area contributed by atoms with E-state index in [2.05, 4.69) is 15.6 Å². The van der Waals surface area contributed by atoms with Crippen LogP contribution < -0.4 is 20.1 Å². The second-order valence-corrected chi connectivity index (χ2v) is 6.11. The molecule has 7 heteroatoms. The van der Waals surface area contributed by atoms with Gasteiger partial charge in [-0.2, -0.15) is 0 Å². The van der Waals surface area contributed by atoms with Crippen LogP contribution in [0.4, 0.5) is 5.69 Å². The molecular weight excluding hydrogens is 370 g/mol. The summed E-state index contributed by atoms with van der Waals surface area (Å²) in [7, 11) is 3.05. The van der Waals surface area contributed by atoms with Crippen molar-refractivity contribution in [1.82, 2.24) is 10.3 Å². The zero-order valence-electron chi connectivity index (χ0n) is 16.1. The first kappa shape index (κ1) is 19.9. The zero-order chi connectivity index (χ0) is 20.6. The smallest absolute Gasteiger partial charge is 0.255 e. The van der Waals surface area contributed by atoms with Gasteiger partial charge in [-0.15, -0.1) is 0 Å². The lowest BCUT2D eigenvalue weighted by Gasteiger charge is -2.13. The Kier molecular flexibility index (Phi) is 6.42. The van der Waals surface area contributed by atoms with E-state index in [4.69, 9.17) is 9.47 Å². The van der Waals surface area contributed by atoms with Gasteiger partial charge in [0.1, 0.15) is 0 Å². The van der Waals surface area contributed by atoms with Crippen LogP contribution in [0.1, 0.15) is 26.3 Å². The standard InChI is InChI=1S/C22H21N3O4/c1-28-19-10-9-15(12-20(19)29-2)22(27)25-18-8-4-3-6-16(18)14-24-21(26)17-7-5-11-23-13-17/h3-13H,14H2,1-2H3,(H,24,26)(H,25,27). The van der Waals surface area contributed by atoms with Gasteiger partial charge in [0.25, 0.3) is 11.8 Å². The Bertz CT molecular complexity index is 1010. The molecule has 148 valence electrons. The molecule has 2 N–H and O–H groups in total. The van der Waals surface area contributed by atoms with Gasteiger partial charge in [0.2, 0.25) is 0 Å². The fraction of sp³-hybridized carbons (Fsp3) is 0.136. The van der Waals surface area contributed by atoms with Gasteiger partial charge in [-0.05, 0) is 42.0 Å². The number of aromatic nitrogens is 1. The second-order valence-electron chi connectivity index (χ2n) is 6.11. The summed E-state index contributed by atoms with van der Waals surface area (Å²) in [6.45, 7) is 0.260. The molecule has 0 bridgehead atoms. The Balaban J connectivity index is 1.72. The molecule has 0 saturated heterocycles. The highest BCUT2D eigenvalue weighted by molar-refractivity contribution is 6.05.